The number of aryl methyl sites for hydroxylation is 1. The van der Waals surface area contributed by atoms with Crippen molar-refractivity contribution < 1.29 is 8.76 Å². The average molecular weight is 211 g/mol. The van der Waals surface area contributed by atoms with E-state index in [0.717, 1.165) is 6.42 Å². The lowest BCUT2D eigenvalue weighted by atomic mass is 10.0. The summed E-state index contributed by atoms with van der Waals surface area (Å²) in [5.41, 5.74) is 1.19. The molecular weight excluding hydrogens is 196 g/mol. The molecule has 0 aliphatic carbocycles. The van der Waals surface area contributed by atoms with Gasteiger partial charge in [0.15, 0.2) is 0 Å². The summed E-state index contributed by atoms with van der Waals surface area (Å²) in [5.74, 6) is 0. The van der Waals surface area contributed by atoms with Crippen molar-refractivity contribution in [2.75, 3.05) is 0 Å². The second kappa shape index (κ2) is 4.71. The van der Waals surface area contributed by atoms with Crippen LogP contribution in [0, 0.1) is 0 Å². The maximum Gasteiger partial charge on any atom is 0.0274 e. The van der Waals surface area contributed by atoms with Crippen molar-refractivity contribution >= 4 is 11.1 Å². The van der Waals surface area contributed by atoms with Gasteiger partial charge in [0, 0.05) is 4.75 Å². The van der Waals surface area contributed by atoms with Crippen molar-refractivity contribution in [2.24, 2.45) is 0 Å². The van der Waals surface area contributed by atoms with Crippen LogP contribution in [0.5, 0.6) is 0 Å². The van der Waals surface area contributed by atoms with Gasteiger partial charge in [-0.3, -0.25) is 4.21 Å². The molecule has 1 rings (SSSR count). The molecule has 1 atom stereocenters. The van der Waals surface area contributed by atoms with E-state index >= 15 is 0 Å². The van der Waals surface area contributed by atoms with Crippen molar-refractivity contribution in [3.05, 3.63) is 35.9 Å². The maximum atomic E-state index is 10.8. The smallest absolute Gasteiger partial charge is 0.0274 e. The molecule has 1 aromatic carbocycles. The van der Waals surface area contributed by atoms with Gasteiger partial charge in [0.2, 0.25) is 0 Å². The summed E-state index contributed by atoms with van der Waals surface area (Å²) >= 11 is -2.00. The number of hydrogen-bond donors (Lipinski definition) is 0. The molecule has 1 unspecified atom stereocenters. The van der Waals surface area contributed by atoms with Crippen LogP contribution in [0.25, 0.3) is 0 Å². The highest BCUT2D eigenvalue weighted by atomic mass is 32.2. The van der Waals surface area contributed by atoms with Gasteiger partial charge in [0.25, 0.3) is 0 Å². The molecule has 0 spiro atoms. The summed E-state index contributed by atoms with van der Waals surface area (Å²) in [6.45, 7) is 3.50. The second-order valence-corrected chi connectivity index (χ2v) is 5.55. The maximum absolute atomic E-state index is 10.8. The topological polar surface area (TPSA) is 40.1 Å². The highest BCUT2D eigenvalue weighted by Gasteiger charge is 2.18. The predicted octanol–water partition coefficient (Wildman–Crippen LogP) is 2.28. The molecule has 2 nitrogen and oxygen atoms in total. The largest absolute Gasteiger partial charge is 0.772 e. The zero-order valence-corrected chi connectivity index (χ0v) is 9.34. The molecule has 3 heteroatoms. The standard InChI is InChI=1S/C11H16O2S/c1-11(2,14(12)13)9-8-10-6-4-3-5-7-10/h3-7H,8-9H2,1-2H3,(H,12,13)/p-1. The summed E-state index contributed by atoms with van der Waals surface area (Å²) in [5, 5.41) is 0. The number of benzene rings is 1. The Morgan fingerprint density at radius 3 is 2.36 bits per heavy atom. The van der Waals surface area contributed by atoms with E-state index in [-0.39, 0.29) is 0 Å². The van der Waals surface area contributed by atoms with Crippen LogP contribution >= 0.6 is 0 Å². The first-order valence-corrected chi connectivity index (χ1v) is 5.73. The van der Waals surface area contributed by atoms with Crippen LogP contribution in [-0.4, -0.2) is 13.5 Å². The molecule has 1 aromatic rings. The van der Waals surface area contributed by atoms with Gasteiger partial charge in [-0.25, -0.2) is 0 Å². The Balaban J connectivity index is 2.53. The van der Waals surface area contributed by atoms with Crippen LogP contribution in [0.4, 0.5) is 0 Å². The molecule has 0 radical (unpaired) electrons. The Kier molecular flexibility index (Phi) is 3.84. The molecule has 78 valence electrons. The molecule has 0 saturated heterocycles. The van der Waals surface area contributed by atoms with Crippen LogP contribution < -0.4 is 0 Å². The lowest BCUT2D eigenvalue weighted by molar-refractivity contribution is 0.482. The minimum absolute atomic E-state index is 0.629. The highest BCUT2D eigenvalue weighted by Crippen LogP contribution is 2.18. The normalized spacial score (nSPS) is 13.9. The van der Waals surface area contributed by atoms with Gasteiger partial charge < -0.3 is 4.55 Å². The van der Waals surface area contributed by atoms with Crippen molar-refractivity contribution in [2.45, 2.75) is 31.4 Å². The van der Waals surface area contributed by atoms with Gasteiger partial charge >= 0.3 is 0 Å². The van der Waals surface area contributed by atoms with E-state index in [1.165, 1.54) is 5.56 Å². The fourth-order valence-electron chi connectivity index (χ4n) is 1.17. The fourth-order valence-corrected chi connectivity index (χ4v) is 1.44. The lowest BCUT2D eigenvalue weighted by Crippen LogP contribution is -2.26. The van der Waals surface area contributed by atoms with Crippen molar-refractivity contribution in [3.63, 3.8) is 0 Å². The van der Waals surface area contributed by atoms with Gasteiger partial charge in [-0.05, 0) is 43.3 Å². The zero-order valence-electron chi connectivity index (χ0n) is 8.53. The predicted molar refractivity (Wildman–Crippen MR) is 57.8 cm³/mol. The zero-order chi connectivity index (χ0) is 10.6. The van der Waals surface area contributed by atoms with E-state index in [0.29, 0.717) is 6.42 Å². The van der Waals surface area contributed by atoms with E-state index in [9.17, 15) is 8.76 Å². The van der Waals surface area contributed by atoms with Gasteiger partial charge in [0.1, 0.15) is 0 Å². The third-order valence-corrected chi connectivity index (χ3v) is 3.42. The molecule has 0 bridgehead atoms. The Morgan fingerprint density at radius 1 is 1.29 bits per heavy atom. The molecule has 0 N–H and O–H groups in total. The molecule has 0 saturated carbocycles. The summed E-state index contributed by atoms with van der Waals surface area (Å²) in [6, 6.07) is 9.93. The second-order valence-electron chi connectivity index (χ2n) is 3.98. The average Bonchev–Trinajstić information content (AvgIpc) is 2.16. The lowest BCUT2D eigenvalue weighted by Gasteiger charge is -2.27. The van der Waals surface area contributed by atoms with E-state index in [1.54, 1.807) is 13.8 Å². The number of hydrogen-bond acceptors (Lipinski definition) is 2. The molecule has 0 aliphatic rings. The van der Waals surface area contributed by atoms with Crippen molar-refractivity contribution in [1.29, 1.82) is 0 Å². The Hall–Kier alpha value is -0.670. The van der Waals surface area contributed by atoms with Crippen LogP contribution in [0.2, 0.25) is 0 Å². The van der Waals surface area contributed by atoms with E-state index in [1.807, 2.05) is 30.3 Å². The minimum atomic E-state index is -2.00. The van der Waals surface area contributed by atoms with Crippen LogP contribution in [0.15, 0.2) is 30.3 Å². The summed E-state index contributed by atoms with van der Waals surface area (Å²) in [6.07, 6.45) is 1.47. The molecule has 14 heavy (non-hydrogen) atoms. The quantitative estimate of drug-likeness (QED) is 0.717. The summed E-state index contributed by atoms with van der Waals surface area (Å²) in [4.78, 5) is 0. The minimum Gasteiger partial charge on any atom is -0.772 e. The van der Waals surface area contributed by atoms with Crippen LogP contribution in [0.3, 0.4) is 0 Å². The first-order chi connectivity index (χ1) is 6.52. The highest BCUT2D eigenvalue weighted by molar-refractivity contribution is 7.80. The fraction of sp³-hybridized carbons (Fsp3) is 0.455. The number of rotatable bonds is 4. The molecule has 0 aromatic heterocycles. The Bertz CT molecular complexity index is 306. The Labute approximate surface area is 87.6 Å². The van der Waals surface area contributed by atoms with Gasteiger partial charge in [-0.1, -0.05) is 30.3 Å². The van der Waals surface area contributed by atoms with Crippen molar-refractivity contribution in [3.8, 4) is 0 Å². The van der Waals surface area contributed by atoms with Gasteiger partial charge in [0.05, 0.1) is 0 Å². The van der Waals surface area contributed by atoms with Crippen LogP contribution in [0.1, 0.15) is 25.8 Å². The molecule has 0 amide bonds. The molecule has 0 fully saturated rings. The molecular formula is C11H15O2S-. The monoisotopic (exact) mass is 211 g/mol. The first-order valence-electron chi connectivity index (χ1n) is 4.66. The van der Waals surface area contributed by atoms with E-state index < -0.39 is 15.8 Å². The molecule has 0 heterocycles. The third-order valence-electron chi connectivity index (χ3n) is 2.31. The van der Waals surface area contributed by atoms with E-state index in [4.69, 9.17) is 0 Å². The summed E-state index contributed by atoms with van der Waals surface area (Å²) in [7, 11) is 0. The summed E-state index contributed by atoms with van der Waals surface area (Å²) < 4.78 is 21.1. The van der Waals surface area contributed by atoms with E-state index in [2.05, 4.69) is 0 Å². The third kappa shape index (κ3) is 3.24. The van der Waals surface area contributed by atoms with Gasteiger partial charge in [-0.2, -0.15) is 0 Å². The first kappa shape index (κ1) is 11.4. The Morgan fingerprint density at radius 2 is 1.86 bits per heavy atom. The SMILES string of the molecule is CC(C)(CCc1ccccc1)S(=O)[O-]. The van der Waals surface area contributed by atoms with Crippen LogP contribution in [-0.2, 0) is 17.5 Å². The van der Waals surface area contributed by atoms with Gasteiger partial charge in [-0.15, -0.1) is 0 Å². The van der Waals surface area contributed by atoms with Crippen molar-refractivity contribution in [1.82, 2.24) is 0 Å². The molecule has 0 aliphatic heterocycles.